The van der Waals surface area contributed by atoms with Gasteiger partial charge in [0.05, 0.1) is 21.8 Å². The first-order valence-electron chi connectivity index (χ1n) is 9.71. The van der Waals surface area contributed by atoms with Crippen molar-refractivity contribution in [2.24, 2.45) is 5.10 Å². The Hall–Kier alpha value is -3.08. The Bertz CT molecular complexity index is 1290. The van der Waals surface area contributed by atoms with E-state index in [4.69, 9.17) is 27.9 Å². The summed E-state index contributed by atoms with van der Waals surface area (Å²) < 4.78 is 44.8. The minimum atomic E-state index is -4.58. The molecule has 0 unspecified atom stereocenters. The van der Waals surface area contributed by atoms with Crippen LogP contribution in [0.5, 0.6) is 5.75 Å². The molecule has 3 aromatic carbocycles. The monoisotopic (exact) mass is 587 g/mol. The molecule has 0 aromatic heterocycles. The van der Waals surface area contributed by atoms with Crippen molar-refractivity contribution in [3.05, 3.63) is 91.9 Å². The topological polar surface area (TPSA) is 79.8 Å². The molecule has 2 amide bonds. The maximum atomic E-state index is 12.9. The molecule has 0 spiro atoms. The standard InChI is InChI=1S/C23H15BrCl2F3N3O3/c24-16-4-7-20(35-12-21(33)31-17-5-6-18(25)19(26)10-17)14(9-16)11-30-32-22(34)13-2-1-3-15(8-13)23(27,28)29/h1-11H,12H2,(H,31,33)(H,32,34)/b30-11+. The molecule has 0 aliphatic heterocycles. The van der Waals surface area contributed by atoms with Gasteiger partial charge in [-0.15, -0.1) is 0 Å². The molecule has 3 aromatic rings. The summed E-state index contributed by atoms with van der Waals surface area (Å²) in [6, 6.07) is 13.4. The lowest BCUT2D eigenvalue weighted by Gasteiger charge is -2.11. The van der Waals surface area contributed by atoms with Crippen LogP contribution in [-0.4, -0.2) is 24.6 Å². The van der Waals surface area contributed by atoms with Gasteiger partial charge in [0.25, 0.3) is 11.8 Å². The Balaban J connectivity index is 1.64. The van der Waals surface area contributed by atoms with Crippen molar-refractivity contribution in [1.29, 1.82) is 0 Å². The van der Waals surface area contributed by atoms with Crippen LogP contribution in [0, 0.1) is 0 Å². The summed E-state index contributed by atoms with van der Waals surface area (Å²) in [7, 11) is 0. The number of hydrazone groups is 1. The van der Waals surface area contributed by atoms with Crippen LogP contribution < -0.4 is 15.5 Å². The van der Waals surface area contributed by atoms with E-state index in [1.54, 1.807) is 24.3 Å². The predicted octanol–water partition coefficient (Wildman–Crippen LogP) is 6.56. The number of rotatable bonds is 7. The molecule has 3 rings (SSSR count). The first-order chi connectivity index (χ1) is 16.5. The number of ether oxygens (including phenoxy) is 1. The van der Waals surface area contributed by atoms with E-state index in [1.165, 1.54) is 24.4 Å². The molecule has 0 saturated heterocycles. The van der Waals surface area contributed by atoms with Crippen LogP contribution in [0.2, 0.25) is 10.0 Å². The number of anilines is 1. The molecular weight excluding hydrogens is 574 g/mol. The molecule has 0 radical (unpaired) electrons. The van der Waals surface area contributed by atoms with E-state index in [-0.39, 0.29) is 22.9 Å². The minimum absolute atomic E-state index is 0.207. The number of nitrogens with one attached hydrogen (secondary N) is 2. The summed E-state index contributed by atoms with van der Waals surface area (Å²) in [4.78, 5) is 24.4. The van der Waals surface area contributed by atoms with Gasteiger partial charge in [0.1, 0.15) is 5.75 Å². The van der Waals surface area contributed by atoms with Crippen molar-refractivity contribution in [3.8, 4) is 5.75 Å². The van der Waals surface area contributed by atoms with Gasteiger partial charge in [-0.25, -0.2) is 5.43 Å². The van der Waals surface area contributed by atoms with Crippen molar-refractivity contribution >= 4 is 62.8 Å². The Kier molecular flexibility index (Phi) is 8.76. The van der Waals surface area contributed by atoms with Crippen LogP contribution in [0.3, 0.4) is 0 Å². The van der Waals surface area contributed by atoms with E-state index in [2.05, 4.69) is 31.8 Å². The summed E-state index contributed by atoms with van der Waals surface area (Å²) in [5.41, 5.74) is 1.84. The van der Waals surface area contributed by atoms with Crippen LogP contribution in [0.15, 0.2) is 70.2 Å². The van der Waals surface area contributed by atoms with Crippen LogP contribution in [0.4, 0.5) is 18.9 Å². The Labute approximate surface area is 216 Å². The fourth-order valence-electron chi connectivity index (χ4n) is 2.73. The summed E-state index contributed by atoms with van der Waals surface area (Å²) in [5, 5.41) is 7.03. The van der Waals surface area contributed by atoms with Gasteiger partial charge in [0.2, 0.25) is 0 Å². The Morgan fingerprint density at radius 2 is 1.80 bits per heavy atom. The van der Waals surface area contributed by atoms with Crippen LogP contribution >= 0.6 is 39.1 Å². The third-order valence-electron chi connectivity index (χ3n) is 4.36. The Morgan fingerprint density at radius 3 is 2.51 bits per heavy atom. The number of amides is 2. The van der Waals surface area contributed by atoms with Crippen molar-refractivity contribution in [2.75, 3.05) is 11.9 Å². The second kappa shape index (κ2) is 11.6. The maximum Gasteiger partial charge on any atom is 0.416 e. The van der Waals surface area contributed by atoms with E-state index >= 15 is 0 Å². The van der Waals surface area contributed by atoms with Crippen molar-refractivity contribution in [2.45, 2.75) is 6.18 Å². The van der Waals surface area contributed by atoms with E-state index in [9.17, 15) is 22.8 Å². The molecule has 0 aliphatic rings. The van der Waals surface area contributed by atoms with Crippen LogP contribution in [0.25, 0.3) is 0 Å². The molecule has 0 saturated carbocycles. The van der Waals surface area contributed by atoms with Gasteiger partial charge in [-0.1, -0.05) is 45.2 Å². The molecule has 0 atom stereocenters. The molecule has 35 heavy (non-hydrogen) atoms. The van der Waals surface area contributed by atoms with Crippen molar-refractivity contribution < 1.29 is 27.5 Å². The molecule has 0 aliphatic carbocycles. The van der Waals surface area contributed by atoms with Gasteiger partial charge in [-0.3, -0.25) is 9.59 Å². The molecule has 12 heteroatoms. The number of halogens is 6. The lowest BCUT2D eigenvalue weighted by Crippen LogP contribution is -2.21. The van der Waals surface area contributed by atoms with Gasteiger partial charge >= 0.3 is 6.18 Å². The Morgan fingerprint density at radius 1 is 1.03 bits per heavy atom. The molecule has 0 bridgehead atoms. The second-order valence-corrected chi connectivity index (χ2v) is 8.66. The minimum Gasteiger partial charge on any atom is -0.483 e. The lowest BCUT2D eigenvalue weighted by molar-refractivity contribution is -0.137. The quantitative estimate of drug-likeness (QED) is 0.242. The number of carbonyl (C=O) groups excluding carboxylic acids is 2. The highest BCUT2D eigenvalue weighted by atomic mass is 79.9. The fourth-order valence-corrected chi connectivity index (χ4v) is 3.40. The zero-order valence-electron chi connectivity index (χ0n) is 17.5. The number of nitrogens with zero attached hydrogens (tertiary/aromatic N) is 1. The highest BCUT2D eigenvalue weighted by molar-refractivity contribution is 9.10. The molecule has 0 fully saturated rings. The zero-order valence-corrected chi connectivity index (χ0v) is 20.6. The third kappa shape index (κ3) is 7.71. The zero-order chi connectivity index (χ0) is 25.6. The largest absolute Gasteiger partial charge is 0.483 e. The number of carbonyl (C=O) groups is 2. The normalized spacial score (nSPS) is 11.4. The van der Waals surface area contributed by atoms with Gasteiger partial charge in [0, 0.05) is 21.3 Å². The SMILES string of the molecule is O=C(COc1ccc(Br)cc1/C=N/NC(=O)c1cccc(C(F)(F)F)c1)Nc1ccc(Cl)c(Cl)c1. The van der Waals surface area contributed by atoms with Crippen molar-refractivity contribution in [1.82, 2.24) is 5.43 Å². The summed E-state index contributed by atoms with van der Waals surface area (Å²) in [6.45, 7) is -0.348. The fraction of sp³-hybridized carbons (Fsp3) is 0.0870. The lowest BCUT2D eigenvalue weighted by atomic mass is 10.1. The molecule has 6 nitrogen and oxygen atoms in total. The highest BCUT2D eigenvalue weighted by Crippen LogP contribution is 2.29. The second-order valence-electron chi connectivity index (χ2n) is 6.93. The third-order valence-corrected chi connectivity index (χ3v) is 5.59. The highest BCUT2D eigenvalue weighted by Gasteiger charge is 2.30. The van der Waals surface area contributed by atoms with Gasteiger partial charge < -0.3 is 10.1 Å². The summed E-state index contributed by atoms with van der Waals surface area (Å²) in [6.07, 6.45) is -3.34. The molecular formula is C23H15BrCl2F3N3O3. The van der Waals surface area contributed by atoms with Crippen LogP contribution in [0.1, 0.15) is 21.5 Å². The van der Waals surface area contributed by atoms with Gasteiger partial charge in [-0.05, 0) is 54.6 Å². The first kappa shape index (κ1) is 26.5. The van der Waals surface area contributed by atoms with Gasteiger partial charge in [0.15, 0.2) is 6.61 Å². The average molecular weight is 589 g/mol. The maximum absolute atomic E-state index is 12.9. The summed E-state index contributed by atoms with van der Waals surface area (Å²) in [5.74, 6) is -1.02. The van der Waals surface area contributed by atoms with Gasteiger partial charge in [-0.2, -0.15) is 18.3 Å². The number of hydrogen-bond donors (Lipinski definition) is 2. The molecule has 0 heterocycles. The molecule has 2 N–H and O–H groups in total. The van der Waals surface area contributed by atoms with E-state index in [1.807, 2.05) is 0 Å². The number of benzene rings is 3. The van der Waals surface area contributed by atoms with Crippen LogP contribution in [-0.2, 0) is 11.0 Å². The van der Waals surface area contributed by atoms with E-state index < -0.39 is 23.6 Å². The first-order valence-corrected chi connectivity index (χ1v) is 11.3. The number of hydrogen-bond acceptors (Lipinski definition) is 4. The van der Waals surface area contributed by atoms with E-state index in [0.29, 0.717) is 20.7 Å². The smallest absolute Gasteiger partial charge is 0.416 e. The van der Waals surface area contributed by atoms with Crippen molar-refractivity contribution in [3.63, 3.8) is 0 Å². The summed E-state index contributed by atoms with van der Waals surface area (Å²) >= 11 is 15.1. The average Bonchev–Trinajstić information content (AvgIpc) is 2.80. The van der Waals surface area contributed by atoms with E-state index in [0.717, 1.165) is 18.2 Å². The molecule has 182 valence electrons. The number of alkyl halides is 3. The predicted molar refractivity (Wildman–Crippen MR) is 131 cm³/mol.